The molecular weight excluding hydrogens is 212 g/mol. The predicted molar refractivity (Wildman–Crippen MR) is 59.8 cm³/mol. The van der Waals surface area contributed by atoms with E-state index in [-0.39, 0.29) is 6.61 Å². The summed E-state index contributed by atoms with van der Waals surface area (Å²) < 4.78 is 0. The fourth-order valence-electron chi connectivity index (χ4n) is 1.08. The lowest BCUT2D eigenvalue weighted by Gasteiger charge is -2.06. The van der Waals surface area contributed by atoms with E-state index in [2.05, 4.69) is 16.9 Å². The summed E-state index contributed by atoms with van der Waals surface area (Å²) in [5.74, 6) is 0.457. The van der Waals surface area contributed by atoms with Gasteiger partial charge < -0.3 is 10.2 Å². The Morgan fingerprint density at radius 2 is 2.27 bits per heavy atom. The molecule has 4 nitrogen and oxygen atoms in total. The maximum atomic E-state index is 9.18. The number of thioether (sulfide) groups is 1. The third-order valence-corrected chi connectivity index (χ3v) is 2.91. The Hall–Kier alpha value is -0.650. The van der Waals surface area contributed by atoms with Crippen LogP contribution in [-0.2, 0) is 6.42 Å². The second-order valence-electron chi connectivity index (χ2n) is 3.24. The van der Waals surface area contributed by atoms with Crippen LogP contribution in [0.4, 0.5) is 0 Å². The van der Waals surface area contributed by atoms with Crippen LogP contribution in [0.2, 0.25) is 0 Å². The van der Waals surface area contributed by atoms with Crippen LogP contribution >= 0.6 is 11.8 Å². The highest BCUT2D eigenvalue weighted by Crippen LogP contribution is 2.16. The topological polar surface area (TPSA) is 66.2 Å². The van der Waals surface area contributed by atoms with Crippen molar-refractivity contribution in [2.45, 2.75) is 30.9 Å². The fraction of sp³-hybridized carbons (Fsp3) is 0.600. The first-order chi connectivity index (χ1) is 7.26. The molecule has 1 rings (SSSR count). The van der Waals surface area contributed by atoms with Crippen LogP contribution in [0.3, 0.4) is 0 Å². The molecule has 0 radical (unpaired) electrons. The van der Waals surface area contributed by atoms with Gasteiger partial charge in [0.1, 0.15) is 6.33 Å². The fourth-order valence-corrected chi connectivity index (χ4v) is 1.89. The molecule has 0 bridgehead atoms. The average Bonchev–Trinajstić information content (AvgIpc) is 2.27. The summed E-state index contributed by atoms with van der Waals surface area (Å²) in [6, 6.07) is 1.93. The number of aromatic nitrogens is 2. The number of nitrogens with zero attached hydrogens (tertiary/aromatic N) is 2. The van der Waals surface area contributed by atoms with Gasteiger partial charge in [0.05, 0.1) is 17.7 Å². The lowest BCUT2D eigenvalue weighted by molar-refractivity contribution is 0.113. The Bertz CT molecular complexity index is 297. The highest BCUT2D eigenvalue weighted by atomic mass is 32.2. The molecule has 0 aliphatic rings. The molecule has 0 saturated heterocycles. The maximum absolute atomic E-state index is 9.18. The molecule has 0 aliphatic heterocycles. The van der Waals surface area contributed by atoms with Crippen LogP contribution in [0.25, 0.3) is 0 Å². The molecule has 0 amide bonds. The van der Waals surface area contributed by atoms with Crippen molar-refractivity contribution in [1.82, 2.24) is 9.97 Å². The van der Waals surface area contributed by atoms with Crippen molar-refractivity contribution in [2.75, 3.05) is 12.4 Å². The van der Waals surface area contributed by atoms with E-state index < -0.39 is 6.10 Å². The summed E-state index contributed by atoms with van der Waals surface area (Å²) in [5.41, 5.74) is 1.02. The lowest BCUT2D eigenvalue weighted by atomic mass is 10.2. The summed E-state index contributed by atoms with van der Waals surface area (Å²) in [5, 5.41) is 18.7. The molecule has 1 aromatic rings. The molecular formula is C10H16N2O2S. The largest absolute Gasteiger partial charge is 0.394 e. The number of aliphatic hydroxyl groups excluding tert-OH is 2. The van der Waals surface area contributed by atoms with Gasteiger partial charge in [-0.25, -0.2) is 9.97 Å². The van der Waals surface area contributed by atoms with Crippen molar-refractivity contribution < 1.29 is 10.2 Å². The van der Waals surface area contributed by atoms with Gasteiger partial charge in [0.2, 0.25) is 0 Å². The SMILES string of the molecule is CCCc1cc(SCC(O)CO)ncn1. The molecule has 0 fully saturated rings. The zero-order chi connectivity index (χ0) is 11.1. The van der Waals surface area contributed by atoms with Gasteiger partial charge in [0.25, 0.3) is 0 Å². The van der Waals surface area contributed by atoms with E-state index >= 15 is 0 Å². The molecule has 0 aromatic carbocycles. The summed E-state index contributed by atoms with van der Waals surface area (Å²) in [6.45, 7) is 1.89. The van der Waals surface area contributed by atoms with Crippen LogP contribution in [0.5, 0.6) is 0 Å². The average molecular weight is 228 g/mol. The second kappa shape index (κ2) is 6.76. The summed E-state index contributed by atoms with van der Waals surface area (Å²) in [6.07, 6.45) is 2.86. The van der Waals surface area contributed by atoms with Crippen LogP contribution < -0.4 is 0 Å². The molecule has 1 heterocycles. The summed E-state index contributed by atoms with van der Waals surface area (Å²) in [7, 11) is 0. The Morgan fingerprint density at radius 3 is 2.93 bits per heavy atom. The van der Waals surface area contributed by atoms with Gasteiger partial charge in [-0.1, -0.05) is 13.3 Å². The summed E-state index contributed by atoms with van der Waals surface area (Å²) in [4.78, 5) is 8.23. The quantitative estimate of drug-likeness (QED) is 0.559. The number of hydrogen-bond acceptors (Lipinski definition) is 5. The molecule has 2 N–H and O–H groups in total. The van der Waals surface area contributed by atoms with Crippen molar-refractivity contribution >= 4 is 11.8 Å². The smallest absolute Gasteiger partial charge is 0.116 e. The van der Waals surface area contributed by atoms with E-state index in [0.29, 0.717) is 5.75 Å². The highest BCUT2D eigenvalue weighted by Gasteiger charge is 2.04. The number of aliphatic hydroxyl groups is 2. The van der Waals surface area contributed by atoms with Crippen LogP contribution in [0, 0.1) is 0 Å². The molecule has 1 aromatic heterocycles. The van der Waals surface area contributed by atoms with Crippen molar-refractivity contribution in [1.29, 1.82) is 0 Å². The van der Waals surface area contributed by atoms with Gasteiger partial charge in [-0.2, -0.15) is 0 Å². The summed E-state index contributed by atoms with van der Waals surface area (Å²) >= 11 is 1.43. The first kappa shape index (κ1) is 12.4. The number of hydrogen-bond donors (Lipinski definition) is 2. The highest BCUT2D eigenvalue weighted by molar-refractivity contribution is 7.99. The van der Waals surface area contributed by atoms with Crippen molar-refractivity contribution in [2.24, 2.45) is 0 Å². The maximum Gasteiger partial charge on any atom is 0.116 e. The van der Waals surface area contributed by atoms with Gasteiger partial charge in [0, 0.05) is 11.4 Å². The predicted octanol–water partition coefficient (Wildman–Crippen LogP) is 0.874. The van der Waals surface area contributed by atoms with Crippen molar-refractivity contribution in [3.63, 3.8) is 0 Å². The van der Waals surface area contributed by atoms with Crippen molar-refractivity contribution in [3.8, 4) is 0 Å². The van der Waals surface area contributed by atoms with Crippen LogP contribution in [0.1, 0.15) is 19.0 Å². The standard InChI is InChI=1S/C10H16N2O2S/c1-2-3-8-4-10(12-7-11-8)15-6-9(14)5-13/h4,7,9,13-14H,2-3,5-6H2,1H3. The molecule has 0 saturated carbocycles. The van der Waals surface area contributed by atoms with Crippen molar-refractivity contribution in [3.05, 3.63) is 18.1 Å². The van der Waals surface area contributed by atoms with E-state index in [4.69, 9.17) is 5.11 Å². The third-order valence-electron chi connectivity index (χ3n) is 1.84. The lowest BCUT2D eigenvalue weighted by Crippen LogP contribution is -2.14. The Kier molecular flexibility index (Phi) is 5.60. The molecule has 0 spiro atoms. The number of aryl methyl sites for hydroxylation is 1. The molecule has 1 unspecified atom stereocenters. The minimum Gasteiger partial charge on any atom is -0.394 e. The zero-order valence-corrected chi connectivity index (χ0v) is 9.57. The van der Waals surface area contributed by atoms with Gasteiger partial charge in [0.15, 0.2) is 0 Å². The van der Waals surface area contributed by atoms with Gasteiger partial charge in [-0.05, 0) is 12.5 Å². The van der Waals surface area contributed by atoms with E-state index in [0.717, 1.165) is 23.6 Å². The normalized spacial score (nSPS) is 12.7. The Labute approximate surface area is 93.8 Å². The van der Waals surface area contributed by atoms with E-state index in [1.54, 1.807) is 6.33 Å². The van der Waals surface area contributed by atoms with Gasteiger partial charge >= 0.3 is 0 Å². The van der Waals surface area contributed by atoms with Crippen LogP contribution in [-0.4, -0.2) is 38.6 Å². The first-order valence-electron chi connectivity index (χ1n) is 4.99. The first-order valence-corrected chi connectivity index (χ1v) is 5.97. The van der Waals surface area contributed by atoms with Crippen LogP contribution in [0.15, 0.2) is 17.4 Å². The van der Waals surface area contributed by atoms with E-state index in [9.17, 15) is 5.11 Å². The third kappa shape index (κ3) is 4.59. The Balaban J connectivity index is 2.50. The molecule has 15 heavy (non-hydrogen) atoms. The zero-order valence-electron chi connectivity index (χ0n) is 8.76. The molecule has 0 aliphatic carbocycles. The van der Waals surface area contributed by atoms with Gasteiger partial charge in [-0.3, -0.25) is 0 Å². The molecule has 1 atom stereocenters. The minimum atomic E-state index is -0.681. The molecule has 5 heteroatoms. The number of rotatable bonds is 6. The van der Waals surface area contributed by atoms with Gasteiger partial charge in [-0.15, -0.1) is 11.8 Å². The monoisotopic (exact) mass is 228 g/mol. The molecule has 84 valence electrons. The minimum absolute atomic E-state index is 0.208. The Morgan fingerprint density at radius 1 is 1.47 bits per heavy atom. The van der Waals surface area contributed by atoms with E-state index in [1.165, 1.54) is 11.8 Å². The second-order valence-corrected chi connectivity index (χ2v) is 4.29. The van der Waals surface area contributed by atoms with E-state index in [1.807, 2.05) is 6.07 Å².